The summed E-state index contributed by atoms with van der Waals surface area (Å²) in [4.78, 5) is 38.2. The molecule has 0 bridgehead atoms. The Kier molecular flexibility index (Phi) is 64.7. The van der Waals surface area contributed by atoms with Crippen LogP contribution in [0, 0.1) is 0 Å². The summed E-state index contributed by atoms with van der Waals surface area (Å²) in [5.74, 6) is -0.883. The largest absolute Gasteiger partial charge is 0.462 e. The van der Waals surface area contributed by atoms with Crippen molar-refractivity contribution in [2.24, 2.45) is 0 Å². The second-order valence-corrected chi connectivity index (χ2v) is 22.7. The van der Waals surface area contributed by atoms with Gasteiger partial charge in [-0.05, 0) is 96.3 Å². The van der Waals surface area contributed by atoms with Gasteiger partial charge in [0.2, 0.25) is 0 Å². The van der Waals surface area contributed by atoms with Gasteiger partial charge < -0.3 is 14.2 Å². The van der Waals surface area contributed by atoms with Crippen LogP contribution in [0.2, 0.25) is 0 Å². The molecule has 0 saturated heterocycles. The van der Waals surface area contributed by atoms with Crippen LogP contribution in [-0.2, 0) is 28.6 Å². The molecule has 460 valence electrons. The molecule has 0 fully saturated rings. The van der Waals surface area contributed by atoms with E-state index in [1.807, 2.05) is 0 Å². The zero-order valence-corrected chi connectivity index (χ0v) is 52.8. The fourth-order valence-corrected chi connectivity index (χ4v) is 9.78. The first-order valence-corrected chi connectivity index (χ1v) is 34.2. The third-order valence-electron chi connectivity index (χ3n) is 14.8. The Morgan fingerprint density at radius 2 is 0.487 bits per heavy atom. The fourth-order valence-electron chi connectivity index (χ4n) is 9.78. The van der Waals surface area contributed by atoms with Gasteiger partial charge in [0.15, 0.2) is 6.10 Å². The number of carbonyl (C=O) groups is 3. The van der Waals surface area contributed by atoms with Gasteiger partial charge in [-0.2, -0.15) is 0 Å². The summed E-state index contributed by atoms with van der Waals surface area (Å²) in [7, 11) is 0. The van der Waals surface area contributed by atoms with Gasteiger partial charge in [0.1, 0.15) is 13.2 Å². The molecule has 0 amide bonds. The number of rotatable bonds is 62. The van der Waals surface area contributed by atoms with Gasteiger partial charge in [0.05, 0.1) is 0 Å². The van der Waals surface area contributed by atoms with Crippen LogP contribution in [-0.4, -0.2) is 37.2 Å². The van der Waals surface area contributed by atoms with Crippen LogP contribution >= 0.6 is 0 Å². The summed E-state index contributed by atoms with van der Waals surface area (Å²) >= 11 is 0. The van der Waals surface area contributed by atoms with Crippen LogP contribution in [0.1, 0.15) is 335 Å². The zero-order valence-electron chi connectivity index (χ0n) is 52.8. The number of allylic oxidation sites excluding steroid dienone is 16. The number of hydrogen-bond acceptors (Lipinski definition) is 6. The van der Waals surface area contributed by atoms with Crippen molar-refractivity contribution in [2.45, 2.75) is 341 Å². The van der Waals surface area contributed by atoms with Crippen LogP contribution in [0.15, 0.2) is 97.2 Å². The van der Waals surface area contributed by atoms with Crippen molar-refractivity contribution in [3.8, 4) is 0 Å². The average molecular weight is 1110 g/mol. The Morgan fingerprint density at radius 1 is 0.263 bits per heavy atom. The summed E-state index contributed by atoms with van der Waals surface area (Å²) in [5.41, 5.74) is 0. The topological polar surface area (TPSA) is 78.9 Å². The summed E-state index contributed by atoms with van der Waals surface area (Å²) in [6.07, 6.45) is 91.8. The quantitative estimate of drug-likeness (QED) is 0.0261. The Balaban J connectivity index is 4.03. The minimum atomic E-state index is -0.781. The Morgan fingerprint density at radius 3 is 0.762 bits per heavy atom. The minimum Gasteiger partial charge on any atom is -0.462 e. The van der Waals surface area contributed by atoms with Gasteiger partial charge in [-0.15, -0.1) is 0 Å². The lowest BCUT2D eigenvalue weighted by atomic mass is 10.0. The maximum atomic E-state index is 12.9. The standard InChI is InChI=1S/C74H128O6/c1-4-7-10-13-16-19-21-23-25-27-29-30-31-32-33-34-35-36-37-38-39-40-41-42-43-44-46-47-49-51-53-55-58-61-64-67-73(76)79-70-71(69-78-72(75)66-63-60-57-18-15-12-9-6-3)80-74(77)68-65-62-59-56-54-52-50-48-45-28-26-24-22-20-17-14-11-8-5-2/h7-8,10-11,16-17,19-20,23-26,29-30,45,48,71H,4-6,9,12-15,18,21-22,27-28,31-44,46-47,49-70H2,1-3H3/b10-7-,11-8-,19-16-,20-17-,25-23-,26-24-,30-29-,48-45-. The molecule has 0 saturated carbocycles. The molecule has 0 aromatic heterocycles. The Bertz CT molecular complexity index is 1560. The van der Waals surface area contributed by atoms with E-state index in [1.54, 1.807) is 0 Å². The lowest BCUT2D eigenvalue weighted by Gasteiger charge is -2.18. The van der Waals surface area contributed by atoms with E-state index < -0.39 is 6.10 Å². The maximum Gasteiger partial charge on any atom is 0.306 e. The van der Waals surface area contributed by atoms with Crippen molar-refractivity contribution in [1.29, 1.82) is 0 Å². The van der Waals surface area contributed by atoms with Crippen molar-refractivity contribution >= 4 is 17.9 Å². The molecular weight excluding hydrogens is 985 g/mol. The fraction of sp³-hybridized carbons (Fsp3) is 0.743. The van der Waals surface area contributed by atoms with E-state index >= 15 is 0 Å². The SMILES string of the molecule is CC/C=C\C/C=C\C/C=C\C/C=C\CCCCCCCCCCCCCCCCCCCCCCCCC(=O)OCC(COC(=O)CCCCCCCCCC)OC(=O)CCCCCCCC/C=C\C/C=C\C/C=C\C/C=C\CC. The van der Waals surface area contributed by atoms with Crippen molar-refractivity contribution in [2.75, 3.05) is 13.2 Å². The Labute approximate surface area is 496 Å². The maximum absolute atomic E-state index is 12.9. The molecule has 1 unspecified atom stereocenters. The molecule has 0 radical (unpaired) electrons. The van der Waals surface area contributed by atoms with E-state index in [9.17, 15) is 14.4 Å². The molecule has 0 spiro atoms. The molecular formula is C74H128O6. The minimum absolute atomic E-state index is 0.0786. The van der Waals surface area contributed by atoms with E-state index in [1.165, 1.54) is 173 Å². The van der Waals surface area contributed by atoms with Gasteiger partial charge in [0, 0.05) is 19.3 Å². The lowest BCUT2D eigenvalue weighted by Crippen LogP contribution is -2.30. The summed E-state index contributed by atoms with van der Waals surface area (Å²) in [6, 6.07) is 0. The number of ether oxygens (including phenoxy) is 3. The van der Waals surface area contributed by atoms with Gasteiger partial charge in [-0.3, -0.25) is 14.4 Å². The molecule has 6 heteroatoms. The Hall–Kier alpha value is -3.67. The van der Waals surface area contributed by atoms with Gasteiger partial charge >= 0.3 is 17.9 Å². The second-order valence-electron chi connectivity index (χ2n) is 22.7. The molecule has 0 aliphatic carbocycles. The normalized spacial score (nSPS) is 12.7. The highest BCUT2D eigenvalue weighted by Gasteiger charge is 2.19. The van der Waals surface area contributed by atoms with Crippen LogP contribution in [0.4, 0.5) is 0 Å². The summed E-state index contributed by atoms with van der Waals surface area (Å²) in [6.45, 7) is 6.40. The van der Waals surface area contributed by atoms with Crippen molar-refractivity contribution in [3.05, 3.63) is 97.2 Å². The number of unbranched alkanes of at least 4 members (excludes halogenated alkanes) is 35. The lowest BCUT2D eigenvalue weighted by molar-refractivity contribution is -0.167. The molecule has 0 heterocycles. The van der Waals surface area contributed by atoms with Crippen molar-refractivity contribution < 1.29 is 28.6 Å². The molecule has 0 aliphatic rings. The highest BCUT2D eigenvalue weighted by atomic mass is 16.6. The molecule has 80 heavy (non-hydrogen) atoms. The van der Waals surface area contributed by atoms with E-state index in [2.05, 4.69) is 118 Å². The third-order valence-corrected chi connectivity index (χ3v) is 14.8. The van der Waals surface area contributed by atoms with Crippen molar-refractivity contribution in [3.63, 3.8) is 0 Å². The van der Waals surface area contributed by atoms with Crippen LogP contribution < -0.4 is 0 Å². The zero-order chi connectivity index (χ0) is 57.8. The molecule has 0 aliphatic heterocycles. The second kappa shape index (κ2) is 67.8. The van der Waals surface area contributed by atoms with E-state index in [0.29, 0.717) is 19.3 Å². The van der Waals surface area contributed by atoms with Gasteiger partial charge in [-0.25, -0.2) is 0 Å². The molecule has 1 atom stereocenters. The van der Waals surface area contributed by atoms with Crippen LogP contribution in [0.5, 0.6) is 0 Å². The predicted octanol–water partition coefficient (Wildman–Crippen LogP) is 23.6. The van der Waals surface area contributed by atoms with Gasteiger partial charge in [0.25, 0.3) is 0 Å². The first kappa shape index (κ1) is 76.3. The predicted molar refractivity (Wildman–Crippen MR) is 348 cm³/mol. The van der Waals surface area contributed by atoms with E-state index in [-0.39, 0.29) is 31.1 Å². The molecule has 6 nitrogen and oxygen atoms in total. The molecule has 0 N–H and O–H groups in total. The number of carbonyl (C=O) groups excluding carboxylic acids is 3. The van der Waals surface area contributed by atoms with Crippen LogP contribution in [0.3, 0.4) is 0 Å². The molecule has 0 aromatic carbocycles. The smallest absolute Gasteiger partial charge is 0.306 e. The van der Waals surface area contributed by atoms with Gasteiger partial charge in [-0.1, -0.05) is 317 Å². The highest BCUT2D eigenvalue weighted by Crippen LogP contribution is 2.18. The third kappa shape index (κ3) is 65.1. The van der Waals surface area contributed by atoms with E-state index in [4.69, 9.17) is 14.2 Å². The molecule has 0 rings (SSSR count). The van der Waals surface area contributed by atoms with Crippen LogP contribution in [0.25, 0.3) is 0 Å². The monoisotopic (exact) mass is 1110 g/mol. The first-order chi connectivity index (χ1) is 39.5. The highest BCUT2D eigenvalue weighted by molar-refractivity contribution is 5.71. The summed E-state index contributed by atoms with van der Waals surface area (Å²) in [5, 5.41) is 0. The number of hydrogen-bond donors (Lipinski definition) is 0. The van der Waals surface area contributed by atoms with E-state index in [0.717, 1.165) is 122 Å². The first-order valence-electron chi connectivity index (χ1n) is 34.2. The number of esters is 3. The average Bonchev–Trinajstić information content (AvgIpc) is 3.46. The molecule has 0 aromatic rings. The van der Waals surface area contributed by atoms with Crippen molar-refractivity contribution in [1.82, 2.24) is 0 Å². The summed E-state index contributed by atoms with van der Waals surface area (Å²) < 4.78 is 16.9.